The first kappa shape index (κ1) is 11.4. The van der Waals surface area contributed by atoms with Crippen LogP contribution in [0.2, 0.25) is 0 Å². The number of piperidine rings is 1. The number of likely N-dealkylation sites (tertiary alicyclic amines) is 1. The molecule has 0 spiro atoms. The van der Waals surface area contributed by atoms with Crippen molar-refractivity contribution in [2.45, 2.75) is 39.5 Å². The summed E-state index contributed by atoms with van der Waals surface area (Å²) in [5, 5.41) is 3.57. The van der Waals surface area contributed by atoms with E-state index in [1.807, 2.05) is 0 Å². The molecule has 2 aliphatic rings. The van der Waals surface area contributed by atoms with E-state index in [0.717, 1.165) is 5.92 Å². The molecule has 2 nitrogen and oxygen atoms in total. The third-order valence-corrected chi connectivity index (χ3v) is 3.94. The fourth-order valence-electron chi connectivity index (χ4n) is 2.25. The number of hydrogen-bond acceptors (Lipinski definition) is 2. The van der Waals surface area contributed by atoms with Gasteiger partial charge in [-0.05, 0) is 56.7 Å². The van der Waals surface area contributed by atoms with Crippen molar-refractivity contribution in [3.05, 3.63) is 0 Å². The summed E-state index contributed by atoms with van der Waals surface area (Å²) < 4.78 is 0. The fourth-order valence-corrected chi connectivity index (χ4v) is 2.25. The highest BCUT2D eigenvalue weighted by atomic mass is 15.1. The Morgan fingerprint density at radius 3 is 2.47 bits per heavy atom. The van der Waals surface area contributed by atoms with Gasteiger partial charge >= 0.3 is 0 Å². The minimum Gasteiger partial charge on any atom is -0.315 e. The van der Waals surface area contributed by atoms with Crippen molar-refractivity contribution >= 4 is 0 Å². The van der Waals surface area contributed by atoms with Crippen LogP contribution in [0.4, 0.5) is 0 Å². The summed E-state index contributed by atoms with van der Waals surface area (Å²) >= 11 is 0. The fraction of sp³-hybridized carbons (Fsp3) is 1.00. The molecule has 2 rings (SSSR count). The Balaban J connectivity index is 1.52. The van der Waals surface area contributed by atoms with Gasteiger partial charge in [-0.1, -0.05) is 13.8 Å². The Morgan fingerprint density at radius 1 is 1.20 bits per heavy atom. The van der Waals surface area contributed by atoms with Gasteiger partial charge in [0.15, 0.2) is 0 Å². The zero-order valence-electron chi connectivity index (χ0n) is 10.4. The molecule has 0 aromatic rings. The number of nitrogens with one attached hydrogen (secondary N) is 1. The molecule has 0 aromatic carbocycles. The van der Waals surface area contributed by atoms with Gasteiger partial charge in [-0.2, -0.15) is 0 Å². The second-order valence-corrected chi connectivity index (χ2v) is 6.15. The van der Waals surface area contributed by atoms with Gasteiger partial charge < -0.3 is 10.2 Å². The van der Waals surface area contributed by atoms with Gasteiger partial charge in [-0.3, -0.25) is 0 Å². The Kier molecular flexibility index (Phi) is 3.68. The van der Waals surface area contributed by atoms with Crippen molar-refractivity contribution in [1.29, 1.82) is 0 Å². The maximum Gasteiger partial charge on any atom is 0.0107 e. The molecule has 1 aliphatic carbocycles. The molecular weight excluding hydrogens is 184 g/mol. The van der Waals surface area contributed by atoms with E-state index in [1.165, 1.54) is 58.4 Å². The number of nitrogens with zero attached hydrogens (tertiary/aromatic N) is 1. The SMILES string of the molecule is CC1(C)CCN(CCNCC2CC2)CC1. The van der Waals surface area contributed by atoms with Crippen LogP contribution >= 0.6 is 0 Å². The molecule has 0 bridgehead atoms. The lowest BCUT2D eigenvalue weighted by Gasteiger charge is -2.36. The minimum absolute atomic E-state index is 0.595. The molecule has 2 fully saturated rings. The molecule has 15 heavy (non-hydrogen) atoms. The average Bonchev–Trinajstić information content (AvgIpc) is 2.98. The van der Waals surface area contributed by atoms with Gasteiger partial charge in [-0.25, -0.2) is 0 Å². The van der Waals surface area contributed by atoms with Gasteiger partial charge in [0, 0.05) is 13.1 Å². The summed E-state index contributed by atoms with van der Waals surface area (Å²) in [5.41, 5.74) is 0.595. The predicted octanol–water partition coefficient (Wildman–Crippen LogP) is 2.11. The van der Waals surface area contributed by atoms with Crippen LogP contribution in [0.25, 0.3) is 0 Å². The van der Waals surface area contributed by atoms with E-state index >= 15 is 0 Å². The lowest BCUT2D eigenvalue weighted by molar-refractivity contribution is 0.133. The zero-order chi connectivity index (χ0) is 10.7. The predicted molar refractivity (Wildman–Crippen MR) is 65.0 cm³/mol. The highest BCUT2D eigenvalue weighted by molar-refractivity contribution is 4.79. The van der Waals surface area contributed by atoms with Crippen LogP contribution in [0, 0.1) is 11.3 Å². The minimum atomic E-state index is 0.595. The van der Waals surface area contributed by atoms with Crippen LogP contribution < -0.4 is 5.32 Å². The van der Waals surface area contributed by atoms with Crippen LogP contribution in [-0.2, 0) is 0 Å². The Morgan fingerprint density at radius 2 is 1.87 bits per heavy atom. The van der Waals surface area contributed by atoms with Crippen molar-refractivity contribution in [2.24, 2.45) is 11.3 Å². The van der Waals surface area contributed by atoms with Gasteiger partial charge in [0.2, 0.25) is 0 Å². The normalized spacial score (nSPS) is 26.8. The van der Waals surface area contributed by atoms with E-state index in [0.29, 0.717) is 5.41 Å². The van der Waals surface area contributed by atoms with Crippen molar-refractivity contribution in [3.63, 3.8) is 0 Å². The molecule has 2 heteroatoms. The van der Waals surface area contributed by atoms with E-state index < -0.39 is 0 Å². The van der Waals surface area contributed by atoms with Crippen LogP contribution in [-0.4, -0.2) is 37.6 Å². The van der Waals surface area contributed by atoms with Gasteiger partial charge in [0.25, 0.3) is 0 Å². The van der Waals surface area contributed by atoms with Gasteiger partial charge in [-0.15, -0.1) is 0 Å². The maximum absolute atomic E-state index is 3.57. The highest BCUT2D eigenvalue weighted by Gasteiger charge is 2.25. The van der Waals surface area contributed by atoms with Crippen LogP contribution in [0.15, 0.2) is 0 Å². The lowest BCUT2D eigenvalue weighted by atomic mass is 9.83. The van der Waals surface area contributed by atoms with Crippen LogP contribution in [0.3, 0.4) is 0 Å². The zero-order valence-corrected chi connectivity index (χ0v) is 10.4. The van der Waals surface area contributed by atoms with Crippen molar-refractivity contribution in [2.75, 3.05) is 32.7 Å². The monoisotopic (exact) mass is 210 g/mol. The Labute approximate surface area is 94.4 Å². The molecule has 0 aromatic heterocycles. The third kappa shape index (κ3) is 4.12. The molecule has 1 saturated heterocycles. The summed E-state index contributed by atoms with van der Waals surface area (Å²) in [5.74, 6) is 1.02. The van der Waals surface area contributed by atoms with E-state index in [9.17, 15) is 0 Å². The molecule has 0 unspecified atom stereocenters. The van der Waals surface area contributed by atoms with Crippen molar-refractivity contribution in [1.82, 2.24) is 10.2 Å². The van der Waals surface area contributed by atoms with Crippen LogP contribution in [0.1, 0.15) is 39.5 Å². The Bertz CT molecular complexity index is 187. The molecular formula is C13H26N2. The standard InChI is InChI=1S/C13H26N2/c1-13(2)5-8-15(9-6-13)10-7-14-11-12-3-4-12/h12,14H,3-11H2,1-2H3. The summed E-state index contributed by atoms with van der Waals surface area (Å²) in [4.78, 5) is 2.62. The molecule has 88 valence electrons. The van der Waals surface area contributed by atoms with E-state index in [4.69, 9.17) is 0 Å². The molecule has 1 aliphatic heterocycles. The first-order valence-electron chi connectivity index (χ1n) is 6.59. The number of rotatable bonds is 5. The van der Waals surface area contributed by atoms with Crippen molar-refractivity contribution < 1.29 is 0 Å². The third-order valence-electron chi connectivity index (χ3n) is 3.94. The van der Waals surface area contributed by atoms with E-state index in [1.54, 1.807) is 0 Å². The topological polar surface area (TPSA) is 15.3 Å². The second-order valence-electron chi connectivity index (χ2n) is 6.15. The maximum atomic E-state index is 3.57. The van der Waals surface area contributed by atoms with E-state index in [2.05, 4.69) is 24.1 Å². The molecule has 1 saturated carbocycles. The van der Waals surface area contributed by atoms with Crippen LogP contribution in [0.5, 0.6) is 0 Å². The number of hydrogen-bond donors (Lipinski definition) is 1. The molecule has 1 heterocycles. The molecule has 0 radical (unpaired) electrons. The summed E-state index contributed by atoms with van der Waals surface area (Å²) in [6.07, 6.45) is 5.67. The Hall–Kier alpha value is -0.0800. The smallest absolute Gasteiger partial charge is 0.0107 e. The van der Waals surface area contributed by atoms with Gasteiger partial charge in [0.1, 0.15) is 0 Å². The summed E-state index contributed by atoms with van der Waals surface area (Å²) in [7, 11) is 0. The lowest BCUT2D eigenvalue weighted by Crippen LogP contribution is -2.40. The largest absolute Gasteiger partial charge is 0.315 e. The highest BCUT2D eigenvalue weighted by Crippen LogP contribution is 2.29. The first-order chi connectivity index (χ1) is 7.16. The summed E-state index contributed by atoms with van der Waals surface area (Å²) in [6, 6.07) is 0. The second kappa shape index (κ2) is 4.84. The van der Waals surface area contributed by atoms with E-state index in [-0.39, 0.29) is 0 Å². The summed E-state index contributed by atoms with van der Waals surface area (Å²) in [6.45, 7) is 11.1. The molecule has 0 atom stereocenters. The quantitative estimate of drug-likeness (QED) is 0.699. The molecule has 1 N–H and O–H groups in total. The van der Waals surface area contributed by atoms with Crippen molar-refractivity contribution in [3.8, 4) is 0 Å². The molecule has 0 amide bonds. The van der Waals surface area contributed by atoms with Gasteiger partial charge in [0.05, 0.1) is 0 Å². The average molecular weight is 210 g/mol. The first-order valence-corrected chi connectivity index (χ1v) is 6.59.